The Morgan fingerprint density at radius 2 is 1.50 bits per heavy atom. The monoisotopic (exact) mass is 138 g/mol. The fraction of sp³-hybridized carbons (Fsp3) is 1.00. The Labute approximate surface area is 64.0 Å². The molecule has 0 nitrogen and oxygen atoms in total. The van der Waals surface area contributed by atoms with Gasteiger partial charge in [-0.3, -0.25) is 0 Å². The second kappa shape index (κ2) is 1.99. The molecule has 0 aromatic heterocycles. The van der Waals surface area contributed by atoms with E-state index in [4.69, 9.17) is 0 Å². The van der Waals surface area contributed by atoms with E-state index in [-0.39, 0.29) is 0 Å². The van der Waals surface area contributed by atoms with Crippen molar-refractivity contribution in [3.8, 4) is 0 Å². The topological polar surface area (TPSA) is 0 Å². The molecule has 2 aliphatic rings. The first-order valence-corrected chi connectivity index (χ1v) is 4.70. The number of fused-ring (bicyclic) bond motifs is 1. The van der Waals surface area contributed by atoms with Crippen LogP contribution in [0.4, 0.5) is 0 Å². The first-order chi connectivity index (χ1) is 4.70. The molecule has 10 heavy (non-hydrogen) atoms. The average Bonchev–Trinajstić information content (AvgIpc) is 2.61. The van der Waals surface area contributed by atoms with Gasteiger partial charge in [-0.1, -0.05) is 20.8 Å². The quantitative estimate of drug-likeness (QED) is 0.483. The minimum Gasteiger partial charge on any atom is -0.0622 e. The van der Waals surface area contributed by atoms with Crippen LogP contribution in [0.2, 0.25) is 0 Å². The van der Waals surface area contributed by atoms with Crippen molar-refractivity contribution in [1.29, 1.82) is 0 Å². The molecule has 5 unspecified atom stereocenters. The molecule has 58 valence electrons. The van der Waals surface area contributed by atoms with Crippen LogP contribution in [0.1, 0.15) is 33.6 Å². The lowest BCUT2D eigenvalue weighted by Gasteiger charge is -2.29. The summed E-state index contributed by atoms with van der Waals surface area (Å²) in [4.78, 5) is 0. The van der Waals surface area contributed by atoms with Crippen LogP contribution in [-0.2, 0) is 0 Å². The van der Waals surface area contributed by atoms with Crippen molar-refractivity contribution in [3.63, 3.8) is 0 Å². The molecule has 0 amide bonds. The molecule has 0 heterocycles. The predicted molar refractivity (Wildman–Crippen MR) is 43.7 cm³/mol. The van der Waals surface area contributed by atoms with Crippen LogP contribution in [0, 0.1) is 29.6 Å². The van der Waals surface area contributed by atoms with Crippen LogP contribution in [0.25, 0.3) is 0 Å². The highest BCUT2D eigenvalue weighted by Crippen LogP contribution is 2.57. The Kier molecular flexibility index (Phi) is 1.33. The van der Waals surface area contributed by atoms with E-state index in [2.05, 4.69) is 20.8 Å². The molecule has 2 saturated carbocycles. The minimum absolute atomic E-state index is 0.999. The second-order valence-electron chi connectivity index (χ2n) is 4.61. The fourth-order valence-corrected chi connectivity index (χ4v) is 2.89. The zero-order valence-corrected chi connectivity index (χ0v) is 7.30. The predicted octanol–water partition coefficient (Wildman–Crippen LogP) is 2.93. The zero-order valence-electron chi connectivity index (χ0n) is 7.30. The lowest BCUT2D eigenvalue weighted by Crippen LogP contribution is -2.21. The van der Waals surface area contributed by atoms with Crippen LogP contribution in [0.15, 0.2) is 0 Å². The number of hydrogen-bond acceptors (Lipinski definition) is 0. The SMILES string of the molecule is CC1CC(C)C2CC2C1C. The van der Waals surface area contributed by atoms with Gasteiger partial charge >= 0.3 is 0 Å². The van der Waals surface area contributed by atoms with Crippen molar-refractivity contribution >= 4 is 0 Å². The minimum atomic E-state index is 0.999. The van der Waals surface area contributed by atoms with Gasteiger partial charge in [-0.15, -0.1) is 0 Å². The highest BCUT2D eigenvalue weighted by molar-refractivity contribution is 4.98. The summed E-state index contributed by atoms with van der Waals surface area (Å²) in [5, 5.41) is 0. The largest absolute Gasteiger partial charge is 0.0622 e. The van der Waals surface area contributed by atoms with Gasteiger partial charge in [-0.05, 0) is 42.4 Å². The van der Waals surface area contributed by atoms with Gasteiger partial charge in [0, 0.05) is 0 Å². The van der Waals surface area contributed by atoms with Gasteiger partial charge in [0.2, 0.25) is 0 Å². The highest BCUT2D eigenvalue weighted by atomic mass is 14.5. The first kappa shape index (κ1) is 6.69. The lowest BCUT2D eigenvalue weighted by molar-refractivity contribution is 0.205. The van der Waals surface area contributed by atoms with Gasteiger partial charge in [0.25, 0.3) is 0 Å². The summed E-state index contributed by atoms with van der Waals surface area (Å²) in [7, 11) is 0. The summed E-state index contributed by atoms with van der Waals surface area (Å²) >= 11 is 0. The number of hydrogen-bond donors (Lipinski definition) is 0. The zero-order chi connectivity index (χ0) is 7.30. The van der Waals surface area contributed by atoms with Gasteiger partial charge < -0.3 is 0 Å². The van der Waals surface area contributed by atoms with Crippen LogP contribution in [0.5, 0.6) is 0 Å². The molecule has 0 heteroatoms. The Balaban J connectivity index is 2.05. The summed E-state index contributed by atoms with van der Waals surface area (Å²) in [6.45, 7) is 7.31. The molecule has 5 atom stereocenters. The maximum Gasteiger partial charge on any atom is -0.0352 e. The van der Waals surface area contributed by atoms with Crippen molar-refractivity contribution in [1.82, 2.24) is 0 Å². The van der Waals surface area contributed by atoms with Gasteiger partial charge in [-0.25, -0.2) is 0 Å². The standard InChI is InChI=1S/C10H18/c1-6-4-7(2)9-5-10(9)8(6)3/h6-10H,4-5H2,1-3H3. The summed E-state index contributed by atoms with van der Waals surface area (Å²) in [6, 6.07) is 0. The molecular weight excluding hydrogens is 120 g/mol. The molecule has 0 bridgehead atoms. The van der Waals surface area contributed by atoms with E-state index < -0.39 is 0 Å². The van der Waals surface area contributed by atoms with E-state index in [9.17, 15) is 0 Å². The molecule has 0 spiro atoms. The molecule has 0 saturated heterocycles. The highest BCUT2D eigenvalue weighted by Gasteiger charge is 2.49. The van der Waals surface area contributed by atoms with Gasteiger partial charge in [0.1, 0.15) is 0 Å². The third-order valence-electron chi connectivity index (χ3n) is 3.94. The summed E-state index contributed by atoms with van der Waals surface area (Å²) < 4.78 is 0. The summed E-state index contributed by atoms with van der Waals surface area (Å²) in [5.74, 6) is 5.32. The van der Waals surface area contributed by atoms with Crippen molar-refractivity contribution in [2.75, 3.05) is 0 Å². The van der Waals surface area contributed by atoms with Crippen LogP contribution >= 0.6 is 0 Å². The molecule has 2 aliphatic carbocycles. The third-order valence-corrected chi connectivity index (χ3v) is 3.94. The van der Waals surface area contributed by atoms with Crippen molar-refractivity contribution < 1.29 is 0 Å². The van der Waals surface area contributed by atoms with Crippen molar-refractivity contribution in [2.45, 2.75) is 33.6 Å². The van der Waals surface area contributed by atoms with Crippen molar-refractivity contribution in [2.24, 2.45) is 29.6 Å². The third kappa shape index (κ3) is 0.810. The van der Waals surface area contributed by atoms with E-state index in [1.807, 2.05) is 0 Å². The Morgan fingerprint density at radius 1 is 0.800 bits per heavy atom. The molecule has 0 radical (unpaired) electrons. The molecular formula is C10H18. The van der Waals surface area contributed by atoms with Crippen LogP contribution < -0.4 is 0 Å². The maximum atomic E-state index is 2.45. The van der Waals surface area contributed by atoms with E-state index in [1.54, 1.807) is 6.42 Å². The molecule has 0 aliphatic heterocycles. The van der Waals surface area contributed by atoms with Crippen molar-refractivity contribution in [3.05, 3.63) is 0 Å². The first-order valence-electron chi connectivity index (χ1n) is 4.70. The smallest absolute Gasteiger partial charge is 0.0352 e. The summed E-state index contributed by atoms with van der Waals surface area (Å²) in [6.07, 6.45) is 3.04. The van der Waals surface area contributed by atoms with E-state index in [0.717, 1.165) is 29.6 Å². The Hall–Kier alpha value is 0. The lowest BCUT2D eigenvalue weighted by atomic mass is 9.77. The Morgan fingerprint density at radius 3 is 2.20 bits per heavy atom. The molecule has 0 aromatic carbocycles. The second-order valence-corrected chi connectivity index (χ2v) is 4.61. The van der Waals surface area contributed by atoms with Gasteiger partial charge in [0.15, 0.2) is 0 Å². The molecule has 0 N–H and O–H groups in total. The number of rotatable bonds is 0. The fourth-order valence-electron chi connectivity index (χ4n) is 2.89. The summed E-state index contributed by atoms with van der Waals surface area (Å²) in [5.41, 5.74) is 0. The van der Waals surface area contributed by atoms with E-state index in [1.165, 1.54) is 6.42 Å². The van der Waals surface area contributed by atoms with Crippen LogP contribution in [0.3, 0.4) is 0 Å². The average molecular weight is 138 g/mol. The van der Waals surface area contributed by atoms with Crippen LogP contribution in [-0.4, -0.2) is 0 Å². The van der Waals surface area contributed by atoms with E-state index in [0.29, 0.717) is 0 Å². The maximum absolute atomic E-state index is 2.45. The molecule has 2 rings (SSSR count). The normalized spacial score (nSPS) is 59.7. The molecule has 0 aromatic rings. The van der Waals surface area contributed by atoms with E-state index >= 15 is 0 Å². The molecule has 2 fully saturated rings. The Bertz CT molecular complexity index is 137. The van der Waals surface area contributed by atoms with Gasteiger partial charge in [-0.2, -0.15) is 0 Å². The van der Waals surface area contributed by atoms with Gasteiger partial charge in [0.05, 0.1) is 0 Å².